The van der Waals surface area contributed by atoms with Gasteiger partial charge >= 0.3 is 0 Å². The molecule has 0 amide bonds. The van der Waals surface area contributed by atoms with Crippen LogP contribution in [0.2, 0.25) is 0 Å². The third-order valence-corrected chi connectivity index (χ3v) is 4.00. The average molecular weight is 246 g/mol. The van der Waals surface area contributed by atoms with Gasteiger partial charge in [-0.2, -0.15) is 0 Å². The fourth-order valence-electron chi connectivity index (χ4n) is 3.98. The van der Waals surface area contributed by atoms with Crippen LogP contribution < -0.4 is 0 Å². The standard InChI is InChI=1S/C10H16.CH2O2.Cu/c1-7-2-9-4-8(1)5-10(3-7)6-9;2-1-3;/h7-10H,1-6H2;1H,(H,2,3);. The van der Waals surface area contributed by atoms with Gasteiger partial charge in [0, 0.05) is 17.1 Å². The van der Waals surface area contributed by atoms with Crippen molar-refractivity contribution in [1.82, 2.24) is 0 Å². The zero-order valence-electron chi connectivity index (χ0n) is 8.29. The van der Waals surface area contributed by atoms with E-state index in [1.807, 2.05) is 0 Å². The van der Waals surface area contributed by atoms with Crippen molar-refractivity contribution in [3.05, 3.63) is 0 Å². The van der Waals surface area contributed by atoms with Gasteiger partial charge in [-0.15, -0.1) is 0 Å². The van der Waals surface area contributed by atoms with Gasteiger partial charge in [-0.3, -0.25) is 4.79 Å². The van der Waals surface area contributed by atoms with Crippen molar-refractivity contribution in [3.8, 4) is 0 Å². The molecule has 4 rings (SSSR count). The van der Waals surface area contributed by atoms with Crippen LogP contribution in [0, 0.1) is 23.7 Å². The summed E-state index contributed by atoms with van der Waals surface area (Å²) < 4.78 is 0. The van der Waals surface area contributed by atoms with Crippen molar-refractivity contribution in [1.29, 1.82) is 0 Å². The summed E-state index contributed by atoms with van der Waals surface area (Å²) in [6.45, 7) is -0.250. The van der Waals surface area contributed by atoms with Gasteiger partial charge in [-0.1, -0.05) is 0 Å². The molecule has 4 aliphatic carbocycles. The summed E-state index contributed by atoms with van der Waals surface area (Å²) in [5.74, 6) is 4.71. The maximum Gasteiger partial charge on any atom is 0.290 e. The summed E-state index contributed by atoms with van der Waals surface area (Å²) in [4.78, 5) is 8.36. The van der Waals surface area contributed by atoms with Crippen molar-refractivity contribution in [2.45, 2.75) is 38.5 Å². The minimum atomic E-state index is -0.250. The number of rotatable bonds is 0. The van der Waals surface area contributed by atoms with Crippen LogP contribution in [0.1, 0.15) is 38.5 Å². The molecule has 0 unspecified atom stereocenters. The third kappa shape index (κ3) is 2.52. The van der Waals surface area contributed by atoms with Crippen LogP contribution in [-0.2, 0) is 21.9 Å². The maximum atomic E-state index is 8.36. The van der Waals surface area contributed by atoms with E-state index in [0.29, 0.717) is 0 Å². The normalized spacial score (nSPS) is 42.0. The molecule has 2 nitrogen and oxygen atoms in total. The van der Waals surface area contributed by atoms with Crippen molar-refractivity contribution in [2.24, 2.45) is 23.7 Å². The van der Waals surface area contributed by atoms with Crippen molar-refractivity contribution >= 4 is 6.47 Å². The fraction of sp³-hybridized carbons (Fsp3) is 0.909. The van der Waals surface area contributed by atoms with E-state index in [-0.39, 0.29) is 23.5 Å². The minimum absolute atomic E-state index is 0. The Morgan fingerprint density at radius 2 is 0.929 bits per heavy atom. The van der Waals surface area contributed by atoms with Crippen LogP contribution in [0.4, 0.5) is 0 Å². The van der Waals surface area contributed by atoms with E-state index in [1.54, 1.807) is 38.5 Å². The molecule has 4 fully saturated rings. The van der Waals surface area contributed by atoms with Crippen molar-refractivity contribution in [2.75, 3.05) is 0 Å². The molecule has 4 saturated carbocycles. The van der Waals surface area contributed by atoms with Crippen molar-refractivity contribution in [3.63, 3.8) is 0 Å². The maximum absolute atomic E-state index is 8.36. The first-order valence-corrected chi connectivity index (χ1v) is 5.39. The molecule has 4 aliphatic rings. The van der Waals surface area contributed by atoms with Gasteiger partial charge in [-0.25, -0.2) is 0 Å². The molecule has 0 atom stereocenters. The summed E-state index contributed by atoms with van der Waals surface area (Å²) in [5.41, 5.74) is 0. The second kappa shape index (κ2) is 5.18. The molecule has 1 N–H and O–H groups in total. The molecule has 14 heavy (non-hydrogen) atoms. The predicted octanol–water partition coefficient (Wildman–Crippen LogP) is 2.53. The molecular weight excluding hydrogens is 228 g/mol. The Balaban J connectivity index is 0.000000223. The van der Waals surface area contributed by atoms with Crippen LogP contribution >= 0.6 is 0 Å². The van der Waals surface area contributed by atoms with Gasteiger partial charge in [0.1, 0.15) is 0 Å². The molecule has 3 heteroatoms. The first-order valence-electron chi connectivity index (χ1n) is 5.39. The minimum Gasteiger partial charge on any atom is -0.483 e. The van der Waals surface area contributed by atoms with Gasteiger partial charge < -0.3 is 5.11 Å². The molecule has 0 spiro atoms. The third-order valence-electron chi connectivity index (χ3n) is 4.00. The van der Waals surface area contributed by atoms with E-state index in [4.69, 9.17) is 9.90 Å². The summed E-state index contributed by atoms with van der Waals surface area (Å²) in [6, 6.07) is 0. The van der Waals surface area contributed by atoms with E-state index in [9.17, 15) is 0 Å². The molecule has 0 aliphatic heterocycles. The molecule has 0 aromatic heterocycles. The Morgan fingerprint density at radius 3 is 1.07 bits per heavy atom. The Bertz CT molecular complexity index is 137. The quantitative estimate of drug-likeness (QED) is 0.526. The molecule has 85 valence electrons. The molecule has 4 bridgehead atoms. The molecule has 0 saturated heterocycles. The van der Waals surface area contributed by atoms with Gasteiger partial charge in [0.15, 0.2) is 0 Å². The van der Waals surface area contributed by atoms with E-state index in [1.165, 1.54) is 23.7 Å². The summed E-state index contributed by atoms with van der Waals surface area (Å²) >= 11 is 0. The molecular formula is C11H18CuO2. The second-order valence-electron chi connectivity index (χ2n) is 4.98. The SMILES string of the molecule is C1C2CC3CC1CC(C2)C3.O=CO.[Cu]. The molecule has 0 aromatic rings. The molecule has 0 aromatic carbocycles. The summed E-state index contributed by atoms with van der Waals surface area (Å²) in [5, 5.41) is 6.89. The first-order chi connectivity index (χ1) is 6.31. The Morgan fingerprint density at radius 1 is 0.786 bits per heavy atom. The van der Waals surface area contributed by atoms with E-state index in [0.717, 1.165) is 0 Å². The monoisotopic (exact) mass is 245 g/mol. The number of carbonyl (C=O) groups is 1. The topological polar surface area (TPSA) is 37.3 Å². The van der Waals surface area contributed by atoms with Gasteiger partial charge in [-0.05, 0) is 62.2 Å². The Labute approximate surface area is 95.9 Å². The Kier molecular flexibility index (Phi) is 4.46. The fourth-order valence-corrected chi connectivity index (χ4v) is 3.98. The number of hydrogen-bond acceptors (Lipinski definition) is 1. The van der Waals surface area contributed by atoms with Crippen LogP contribution in [-0.4, -0.2) is 11.6 Å². The van der Waals surface area contributed by atoms with Gasteiger partial charge in [0.2, 0.25) is 0 Å². The zero-order chi connectivity index (χ0) is 9.26. The van der Waals surface area contributed by atoms with E-state index in [2.05, 4.69) is 0 Å². The van der Waals surface area contributed by atoms with Crippen LogP contribution in [0.5, 0.6) is 0 Å². The van der Waals surface area contributed by atoms with Gasteiger partial charge in [0.05, 0.1) is 0 Å². The van der Waals surface area contributed by atoms with Crippen molar-refractivity contribution < 1.29 is 27.0 Å². The average Bonchev–Trinajstić information content (AvgIpc) is 2.01. The predicted molar refractivity (Wildman–Crippen MR) is 50.4 cm³/mol. The van der Waals surface area contributed by atoms with Crippen LogP contribution in [0.15, 0.2) is 0 Å². The number of carboxylic acid groups (broad SMARTS) is 1. The van der Waals surface area contributed by atoms with Gasteiger partial charge in [0.25, 0.3) is 6.47 Å². The van der Waals surface area contributed by atoms with E-state index < -0.39 is 0 Å². The van der Waals surface area contributed by atoms with Crippen LogP contribution in [0.3, 0.4) is 0 Å². The zero-order valence-corrected chi connectivity index (χ0v) is 9.23. The second-order valence-corrected chi connectivity index (χ2v) is 4.98. The largest absolute Gasteiger partial charge is 0.483 e. The summed E-state index contributed by atoms with van der Waals surface area (Å²) in [7, 11) is 0. The molecule has 0 heterocycles. The first kappa shape index (κ1) is 12.1. The van der Waals surface area contributed by atoms with Crippen LogP contribution in [0.25, 0.3) is 0 Å². The summed E-state index contributed by atoms with van der Waals surface area (Å²) in [6.07, 6.45) is 9.62. The Hall–Kier alpha value is -0.0105. The smallest absolute Gasteiger partial charge is 0.290 e. The number of hydrogen-bond donors (Lipinski definition) is 1. The van der Waals surface area contributed by atoms with E-state index >= 15 is 0 Å². The molecule has 1 radical (unpaired) electrons.